The summed E-state index contributed by atoms with van der Waals surface area (Å²) in [5.41, 5.74) is 4.93. The van der Waals surface area contributed by atoms with Crippen molar-refractivity contribution in [3.63, 3.8) is 0 Å². The van der Waals surface area contributed by atoms with Gasteiger partial charge >= 0.3 is 0 Å². The Balaban J connectivity index is 1.44. The number of nitrogens with zero attached hydrogens (tertiary/aromatic N) is 3. The first-order valence-electron chi connectivity index (χ1n) is 14.1. The van der Waals surface area contributed by atoms with Crippen LogP contribution in [0.4, 0.5) is 0 Å². The fourth-order valence-corrected chi connectivity index (χ4v) is 7.28. The van der Waals surface area contributed by atoms with Gasteiger partial charge in [-0.25, -0.2) is 9.97 Å². The number of carbonyl (C=O) groups is 1. The van der Waals surface area contributed by atoms with Crippen LogP contribution >= 0.6 is 0 Å². The predicted molar refractivity (Wildman–Crippen MR) is 150 cm³/mol. The number of fused-ring (bicyclic) bond motifs is 9. The minimum absolute atomic E-state index is 0.00695. The second-order valence-electron chi connectivity index (χ2n) is 12.3. The summed E-state index contributed by atoms with van der Waals surface area (Å²) < 4.78 is 6.86. The molecule has 1 N–H and O–H groups in total. The van der Waals surface area contributed by atoms with E-state index < -0.39 is 0 Å². The molecule has 3 unspecified atom stereocenters. The van der Waals surface area contributed by atoms with Crippen molar-refractivity contribution in [3.05, 3.63) is 53.6 Å². The van der Waals surface area contributed by atoms with Crippen molar-refractivity contribution < 1.29 is 14.6 Å². The summed E-state index contributed by atoms with van der Waals surface area (Å²) >= 11 is 0. The van der Waals surface area contributed by atoms with Crippen molar-refractivity contribution in [1.29, 1.82) is 0 Å². The molecule has 2 fully saturated rings. The Kier molecular flexibility index (Phi) is 5.42. The van der Waals surface area contributed by atoms with E-state index >= 15 is 0 Å². The SMILES string of the molecule is CC1CCC2C(C1)c1c(c3ccccc3c3nc4ccc(C(=O)N5CCC(O)CC5)cc4nc13)OC2(C)C. The molecule has 0 spiro atoms. The number of rotatable bonds is 1. The quantitative estimate of drug-likeness (QED) is 0.243. The predicted octanol–water partition coefficient (Wildman–Crippen LogP) is 6.22. The van der Waals surface area contributed by atoms with Gasteiger partial charge in [-0.05, 0) is 69.6 Å². The first kappa shape index (κ1) is 23.8. The van der Waals surface area contributed by atoms with Gasteiger partial charge < -0.3 is 14.7 Å². The summed E-state index contributed by atoms with van der Waals surface area (Å²) in [5.74, 6) is 2.39. The Bertz CT molecular complexity index is 1590. The van der Waals surface area contributed by atoms with E-state index in [0.29, 0.717) is 49.2 Å². The normalized spacial score (nSPS) is 25.3. The molecule has 1 aliphatic carbocycles. The number of aliphatic hydroxyl groups is 1. The van der Waals surface area contributed by atoms with Crippen molar-refractivity contribution >= 4 is 38.7 Å². The van der Waals surface area contributed by atoms with Gasteiger partial charge in [0.1, 0.15) is 11.4 Å². The monoisotopic (exact) mass is 509 g/mol. The molecule has 0 bridgehead atoms. The highest BCUT2D eigenvalue weighted by atomic mass is 16.5. The van der Waals surface area contributed by atoms with Crippen LogP contribution in [0.5, 0.6) is 5.75 Å². The Morgan fingerprint density at radius 2 is 1.71 bits per heavy atom. The third kappa shape index (κ3) is 3.68. The summed E-state index contributed by atoms with van der Waals surface area (Å²) in [6.45, 7) is 8.00. The molecule has 196 valence electrons. The number of aromatic nitrogens is 2. The molecule has 1 saturated heterocycles. The van der Waals surface area contributed by atoms with Gasteiger partial charge in [-0.1, -0.05) is 37.6 Å². The van der Waals surface area contributed by atoms with Gasteiger partial charge in [-0.15, -0.1) is 0 Å². The molecule has 1 aromatic heterocycles. The van der Waals surface area contributed by atoms with Gasteiger partial charge in [0.15, 0.2) is 0 Å². The molecule has 6 heteroatoms. The number of benzene rings is 3. The summed E-state index contributed by atoms with van der Waals surface area (Å²) in [6, 6.07) is 14.1. The van der Waals surface area contributed by atoms with Crippen LogP contribution < -0.4 is 4.74 Å². The topological polar surface area (TPSA) is 75.6 Å². The lowest BCUT2D eigenvalue weighted by Crippen LogP contribution is -2.46. The van der Waals surface area contributed by atoms with Crippen LogP contribution in [0.25, 0.3) is 32.8 Å². The minimum Gasteiger partial charge on any atom is -0.487 e. The van der Waals surface area contributed by atoms with Gasteiger partial charge in [-0.3, -0.25) is 4.79 Å². The fourth-order valence-electron chi connectivity index (χ4n) is 7.28. The lowest BCUT2D eigenvalue weighted by Gasteiger charge is -2.49. The molecule has 6 nitrogen and oxygen atoms in total. The third-order valence-electron chi connectivity index (χ3n) is 9.33. The molecule has 3 heterocycles. The second kappa shape index (κ2) is 8.63. The maximum Gasteiger partial charge on any atom is 0.253 e. The largest absolute Gasteiger partial charge is 0.487 e. The molecular formula is C32H35N3O3. The first-order chi connectivity index (χ1) is 18.3. The van der Waals surface area contributed by atoms with Crippen LogP contribution in [0.1, 0.15) is 74.7 Å². The van der Waals surface area contributed by atoms with E-state index in [9.17, 15) is 9.90 Å². The molecule has 0 radical (unpaired) electrons. The fraction of sp³-hybridized carbons (Fsp3) is 0.469. The lowest BCUT2D eigenvalue weighted by atomic mass is 9.64. The third-order valence-corrected chi connectivity index (χ3v) is 9.33. The maximum absolute atomic E-state index is 13.3. The van der Waals surface area contributed by atoms with Crippen LogP contribution in [0.15, 0.2) is 42.5 Å². The summed E-state index contributed by atoms with van der Waals surface area (Å²) in [5, 5.41) is 12.0. The molecule has 7 rings (SSSR count). The lowest BCUT2D eigenvalue weighted by molar-refractivity contribution is -0.0115. The highest BCUT2D eigenvalue weighted by Gasteiger charge is 2.47. The average molecular weight is 510 g/mol. The molecule has 38 heavy (non-hydrogen) atoms. The van der Waals surface area contributed by atoms with Crippen molar-refractivity contribution in [2.45, 2.75) is 70.5 Å². The van der Waals surface area contributed by atoms with Crippen molar-refractivity contribution in [2.75, 3.05) is 13.1 Å². The molecule has 1 saturated carbocycles. The van der Waals surface area contributed by atoms with Gasteiger partial charge in [0.25, 0.3) is 5.91 Å². The number of likely N-dealkylation sites (tertiary alicyclic amines) is 1. The first-order valence-corrected chi connectivity index (χ1v) is 14.1. The number of amides is 1. The van der Waals surface area contributed by atoms with E-state index in [4.69, 9.17) is 14.7 Å². The van der Waals surface area contributed by atoms with Crippen molar-refractivity contribution in [3.8, 4) is 5.75 Å². The summed E-state index contributed by atoms with van der Waals surface area (Å²) in [7, 11) is 0. The van der Waals surface area contributed by atoms with Crippen LogP contribution in [-0.2, 0) is 0 Å². The molecule has 3 aromatic carbocycles. The summed E-state index contributed by atoms with van der Waals surface area (Å²) in [4.78, 5) is 25.5. The number of hydrogen-bond acceptors (Lipinski definition) is 5. The van der Waals surface area contributed by atoms with E-state index in [0.717, 1.165) is 51.4 Å². The van der Waals surface area contributed by atoms with Crippen LogP contribution in [0.2, 0.25) is 0 Å². The van der Waals surface area contributed by atoms with Crippen LogP contribution in [0, 0.1) is 11.8 Å². The zero-order valence-electron chi connectivity index (χ0n) is 22.4. The van der Waals surface area contributed by atoms with E-state index in [1.807, 2.05) is 23.1 Å². The Hall–Kier alpha value is -3.25. The van der Waals surface area contributed by atoms with Crippen molar-refractivity contribution in [1.82, 2.24) is 14.9 Å². The van der Waals surface area contributed by atoms with Crippen LogP contribution in [0.3, 0.4) is 0 Å². The Morgan fingerprint density at radius 3 is 2.50 bits per heavy atom. The van der Waals surface area contributed by atoms with Gasteiger partial charge in [-0.2, -0.15) is 0 Å². The smallest absolute Gasteiger partial charge is 0.253 e. The second-order valence-corrected chi connectivity index (χ2v) is 12.3. The average Bonchev–Trinajstić information content (AvgIpc) is 2.91. The minimum atomic E-state index is -0.313. The maximum atomic E-state index is 13.3. The van der Waals surface area contributed by atoms with Gasteiger partial charge in [0, 0.05) is 40.9 Å². The zero-order chi connectivity index (χ0) is 26.2. The number of aliphatic hydroxyl groups excluding tert-OH is 1. The van der Waals surface area contributed by atoms with E-state index in [-0.39, 0.29) is 17.6 Å². The standard InChI is InChI=1S/C32H35N3O3/c1-18-8-10-24-23(16-18)27-29-28(21-6-4-5-7-22(21)30(27)38-32(24,2)3)33-25-11-9-19(17-26(25)34-29)31(37)35-14-12-20(36)13-15-35/h4-7,9,11,17-18,20,23-24,36H,8,10,12-16H2,1-3H3. The Labute approximate surface area is 223 Å². The molecule has 4 aromatic rings. The summed E-state index contributed by atoms with van der Waals surface area (Å²) in [6.07, 6.45) is 4.43. The van der Waals surface area contributed by atoms with Gasteiger partial charge in [0.2, 0.25) is 0 Å². The Morgan fingerprint density at radius 1 is 0.974 bits per heavy atom. The van der Waals surface area contributed by atoms with E-state index in [1.54, 1.807) is 0 Å². The van der Waals surface area contributed by atoms with E-state index in [2.05, 4.69) is 45.0 Å². The molecule has 3 atom stereocenters. The van der Waals surface area contributed by atoms with Crippen molar-refractivity contribution in [2.24, 2.45) is 11.8 Å². The molecule has 1 amide bonds. The highest BCUT2D eigenvalue weighted by molar-refractivity contribution is 6.11. The molecule has 2 aliphatic heterocycles. The molecular weight excluding hydrogens is 474 g/mol. The van der Waals surface area contributed by atoms with Gasteiger partial charge in [0.05, 0.1) is 28.2 Å². The number of hydrogen-bond donors (Lipinski definition) is 1. The highest BCUT2D eigenvalue weighted by Crippen LogP contribution is 2.56. The molecule has 3 aliphatic rings. The number of ether oxygens (including phenoxy) is 1. The van der Waals surface area contributed by atoms with Crippen LogP contribution in [-0.4, -0.2) is 50.7 Å². The zero-order valence-corrected chi connectivity index (χ0v) is 22.4. The van der Waals surface area contributed by atoms with E-state index in [1.165, 1.54) is 12.0 Å². The number of carbonyl (C=O) groups excluding carboxylic acids is 1. The number of piperidine rings is 1.